The van der Waals surface area contributed by atoms with Crippen LogP contribution in [-0.2, 0) is 10.2 Å². The van der Waals surface area contributed by atoms with E-state index in [1.54, 1.807) is 11.9 Å². The average molecular weight is 355 g/mol. The van der Waals surface area contributed by atoms with Gasteiger partial charge in [0, 0.05) is 18.7 Å². The molecule has 6 nitrogen and oxygen atoms in total. The van der Waals surface area contributed by atoms with Gasteiger partial charge in [0.2, 0.25) is 11.3 Å². The van der Waals surface area contributed by atoms with Gasteiger partial charge in [0.1, 0.15) is 5.41 Å². The second kappa shape index (κ2) is 5.47. The van der Waals surface area contributed by atoms with E-state index in [9.17, 15) is 20.6 Å². The molecule has 3 aliphatic rings. The van der Waals surface area contributed by atoms with Crippen LogP contribution in [0.15, 0.2) is 47.2 Å². The molecule has 2 N–H and O–H groups in total. The van der Waals surface area contributed by atoms with E-state index in [-0.39, 0.29) is 17.2 Å². The molecule has 1 spiro atoms. The van der Waals surface area contributed by atoms with Crippen molar-refractivity contribution in [1.29, 1.82) is 15.8 Å². The van der Waals surface area contributed by atoms with Gasteiger partial charge in [-0.2, -0.15) is 15.8 Å². The van der Waals surface area contributed by atoms with Crippen LogP contribution in [0.3, 0.4) is 0 Å². The monoisotopic (exact) mass is 355 g/mol. The molecule has 132 valence electrons. The lowest BCUT2D eigenvalue weighted by Gasteiger charge is -2.47. The summed E-state index contributed by atoms with van der Waals surface area (Å²) in [6.07, 6.45) is 4.02. The third-order valence-electron chi connectivity index (χ3n) is 6.24. The van der Waals surface area contributed by atoms with Gasteiger partial charge >= 0.3 is 0 Å². The van der Waals surface area contributed by atoms with Gasteiger partial charge in [0.25, 0.3) is 0 Å². The number of allylic oxidation sites excluding steroid dienone is 2. The molecule has 2 atom stereocenters. The predicted molar refractivity (Wildman–Crippen MR) is 97.4 cm³/mol. The van der Waals surface area contributed by atoms with Crippen molar-refractivity contribution in [2.24, 2.45) is 17.1 Å². The maximum atomic E-state index is 13.6. The third kappa shape index (κ3) is 1.69. The number of para-hydroxylation sites is 1. The molecular weight excluding hydrogens is 338 g/mol. The number of carbonyl (C=O) groups excluding carboxylic acids is 1. The van der Waals surface area contributed by atoms with Crippen LogP contribution < -0.4 is 10.6 Å². The molecule has 6 heteroatoms. The van der Waals surface area contributed by atoms with Gasteiger partial charge < -0.3 is 10.6 Å². The lowest BCUT2D eigenvalue weighted by Crippen LogP contribution is -2.54. The summed E-state index contributed by atoms with van der Waals surface area (Å²) in [4.78, 5) is 15.1. The fourth-order valence-corrected chi connectivity index (χ4v) is 5.06. The molecule has 0 radical (unpaired) electrons. The molecule has 0 unspecified atom stereocenters. The number of likely N-dealkylation sites (N-methyl/N-ethyl adjacent to an activating group) is 1. The Bertz CT molecular complexity index is 1050. The summed E-state index contributed by atoms with van der Waals surface area (Å²) in [6, 6.07) is 13.6. The largest absolute Gasteiger partial charge is 0.399 e. The lowest BCUT2D eigenvalue weighted by molar-refractivity contribution is -0.123. The van der Waals surface area contributed by atoms with Crippen LogP contribution in [0.1, 0.15) is 24.8 Å². The van der Waals surface area contributed by atoms with Crippen LogP contribution >= 0.6 is 0 Å². The van der Waals surface area contributed by atoms with E-state index < -0.39 is 16.7 Å². The van der Waals surface area contributed by atoms with E-state index >= 15 is 0 Å². The Hall–Kier alpha value is -3.56. The van der Waals surface area contributed by atoms with Gasteiger partial charge in [-0.05, 0) is 36.5 Å². The standard InChI is InChI=1S/C21H17N5O/c1-26-17-9-5-4-8-15(17)21(19(26)27)14-7-3-2-6-13(14)20(11-23,12-24)18(25)16(21)10-22/h4-6,8-9,14H,2-3,7,25H2,1H3/t14-,21-/m0/s1. The first-order valence-electron chi connectivity index (χ1n) is 8.82. The minimum absolute atomic E-state index is 0.0384. The highest BCUT2D eigenvalue weighted by atomic mass is 16.2. The summed E-state index contributed by atoms with van der Waals surface area (Å²) in [5.74, 6) is -0.670. The van der Waals surface area contributed by atoms with E-state index in [1.165, 1.54) is 0 Å². The number of amides is 1. The van der Waals surface area contributed by atoms with Crippen molar-refractivity contribution in [2.75, 3.05) is 11.9 Å². The molecule has 27 heavy (non-hydrogen) atoms. The summed E-state index contributed by atoms with van der Waals surface area (Å²) >= 11 is 0. The second-order valence-corrected chi connectivity index (χ2v) is 7.21. The number of fused-ring (bicyclic) bond motifs is 4. The van der Waals surface area contributed by atoms with E-state index in [4.69, 9.17) is 5.73 Å². The van der Waals surface area contributed by atoms with Crippen molar-refractivity contribution in [3.8, 4) is 18.2 Å². The average Bonchev–Trinajstić information content (AvgIpc) is 2.93. The van der Waals surface area contributed by atoms with Crippen molar-refractivity contribution in [1.82, 2.24) is 0 Å². The molecule has 1 aromatic carbocycles. The molecule has 1 aromatic rings. The van der Waals surface area contributed by atoms with Crippen molar-refractivity contribution < 1.29 is 4.79 Å². The van der Waals surface area contributed by atoms with E-state index in [0.717, 1.165) is 17.7 Å². The molecular formula is C21H17N5O. The highest BCUT2D eigenvalue weighted by molar-refractivity contribution is 6.11. The zero-order valence-electron chi connectivity index (χ0n) is 14.9. The predicted octanol–water partition coefficient (Wildman–Crippen LogP) is 2.41. The molecule has 1 aliphatic heterocycles. The Labute approximate surface area is 157 Å². The number of nitriles is 3. The van der Waals surface area contributed by atoms with Crippen LogP contribution in [0.2, 0.25) is 0 Å². The Kier molecular flexibility index (Phi) is 3.42. The summed E-state index contributed by atoms with van der Waals surface area (Å²) < 4.78 is 0. The number of carbonyl (C=O) groups is 1. The second-order valence-electron chi connectivity index (χ2n) is 7.21. The number of hydrogen-bond donors (Lipinski definition) is 1. The number of nitrogens with two attached hydrogens (primary N) is 1. The molecule has 0 saturated heterocycles. The van der Waals surface area contributed by atoms with Gasteiger partial charge in [0.15, 0.2) is 0 Å². The Morgan fingerprint density at radius 1 is 1.22 bits per heavy atom. The quantitative estimate of drug-likeness (QED) is 0.717. The van der Waals surface area contributed by atoms with Gasteiger partial charge in [-0.3, -0.25) is 4.79 Å². The number of hydrogen-bond acceptors (Lipinski definition) is 5. The highest BCUT2D eigenvalue weighted by Gasteiger charge is 2.65. The fourth-order valence-electron chi connectivity index (χ4n) is 5.06. The minimum atomic E-state index is -1.70. The molecule has 0 bridgehead atoms. The van der Waals surface area contributed by atoms with Crippen molar-refractivity contribution >= 4 is 11.6 Å². The first-order chi connectivity index (χ1) is 13.0. The SMILES string of the molecule is CN1C(=O)[C@]2(C(C#N)=C(N)C(C#N)(C#N)C3=CCCC[C@@H]32)c2ccccc21. The topological polar surface area (TPSA) is 118 Å². The third-order valence-corrected chi connectivity index (χ3v) is 6.24. The minimum Gasteiger partial charge on any atom is -0.399 e. The van der Waals surface area contributed by atoms with Crippen LogP contribution in [0.5, 0.6) is 0 Å². The number of benzene rings is 1. The maximum Gasteiger partial charge on any atom is 0.243 e. The Morgan fingerprint density at radius 2 is 1.93 bits per heavy atom. The molecule has 0 saturated carbocycles. The normalized spacial score (nSPS) is 27.9. The number of rotatable bonds is 0. The molecule has 0 fully saturated rings. The van der Waals surface area contributed by atoms with Crippen molar-refractivity contribution in [3.05, 3.63) is 52.7 Å². The number of anilines is 1. The van der Waals surface area contributed by atoms with E-state index in [0.29, 0.717) is 18.4 Å². The zero-order chi connectivity index (χ0) is 19.4. The van der Waals surface area contributed by atoms with Crippen LogP contribution in [0, 0.1) is 45.3 Å². The van der Waals surface area contributed by atoms with E-state index in [2.05, 4.69) is 6.07 Å². The van der Waals surface area contributed by atoms with Gasteiger partial charge in [-0.1, -0.05) is 24.3 Å². The van der Waals surface area contributed by atoms with Crippen molar-refractivity contribution in [3.63, 3.8) is 0 Å². The van der Waals surface area contributed by atoms with Crippen LogP contribution in [0.4, 0.5) is 5.69 Å². The van der Waals surface area contributed by atoms with Crippen LogP contribution in [-0.4, -0.2) is 13.0 Å². The molecule has 0 aromatic heterocycles. The number of nitrogens with zero attached hydrogens (tertiary/aromatic N) is 4. The lowest BCUT2D eigenvalue weighted by atomic mass is 9.51. The highest BCUT2D eigenvalue weighted by Crippen LogP contribution is 2.61. The first kappa shape index (κ1) is 16.9. The molecule has 2 aliphatic carbocycles. The molecule has 1 amide bonds. The smallest absolute Gasteiger partial charge is 0.243 e. The summed E-state index contributed by atoms with van der Waals surface area (Å²) in [6.45, 7) is 0. The van der Waals surface area contributed by atoms with E-state index in [1.807, 2.05) is 42.5 Å². The summed E-state index contributed by atoms with van der Waals surface area (Å²) in [7, 11) is 1.68. The van der Waals surface area contributed by atoms with Gasteiger partial charge in [-0.25, -0.2) is 0 Å². The van der Waals surface area contributed by atoms with Crippen molar-refractivity contribution in [2.45, 2.75) is 24.7 Å². The summed E-state index contributed by atoms with van der Waals surface area (Å²) in [5, 5.41) is 29.8. The fraction of sp³-hybridized carbons (Fsp3) is 0.333. The molecule has 1 heterocycles. The Morgan fingerprint density at radius 3 is 2.59 bits per heavy atom. The molecule has 4 rings (SSSR count). The zero-order valence-corrected chi connectivity index (χ0v) is 14.9. The maximum absolute atomic E-state index is 13.6. The van der Waals surface area contributed by atoms with Crippen LogP contribution in [0.25, 0.3) is 0 Å². The van der Waals surface area contributed by atoms with Gasteiger partial charge in [-0.15, -0.1) is 0 Å². The summed E-state index contributed by atoms with van der Waals surface area (Å²) in [5.41, 5.74) is 5.29. The first-order valence-corrected chi connectivity index (χ1v) is 8.82. The Balaban J connectivity index is 2.19. The van der Waals surface area contributed by atoms with Gasteiger partial charge in [0.05, 0.1) is 29.5 Å².